The first kappa shape index (κ1) is 18.1. The highest BCUT2D eigenvalue weighted by Gasteiger charge is 2.31. The first-order valence-corrected chi connectivity index (χ1v) is 8.94. The van der Waals surface area contributed by atoms with E-state index in [1.165, 1.54) is 4.90 Å². The maximum atomic E-state index is 12.7. The summed E-state index contributed by atoms with van der Waals surface area (Å²) in [4.78, 5) is 37.7. The number of unbranched alkanes of at least 4 members (excludes halogenated alkanes) is 4. The van der Waals surface area contributed by atoms with E-state index in [0.29, 0.717) is 30.5 Å². The van der Waals surface area contributed by atoms with Gasteiger partial charge in [-0.25, -0.2) is 5.48 Å². The normalized spacial score (nSPS) is 13.3. The molecule has 2 aromatic rings. The van der Waals surface area contributed by atoms with E-state index in [2.05, 4.69) is 0 Å². The van der Waals surface area contributed by atoms with Crippen LogP contribution in [-0.2, 0) is 4.79 Å². The number of nitrogens with one attached hydrogen (secondary N) is 1. The second-order valence-corrected chi connectivity index (χ2v) is 6.52. The molecule has 0 saturated carbocycles. The fourth-order valence-electron chi connectivity index (χ4n) is 3.43. The Bertz CT molecular complexity index is 796. The van der Waals surface area contributed by atoms with Gasteiger partial charge in [0.2, 0.25) is 5.91 Å². The second-order valence-electron chi connectivity index (χ2n) is 6.52. The molecule has 0 fully saturated rings. The molecule has 3 rings (SSSR count). The van der Waals surface area contributed by atoms with E-state index in [0.717, 1.165) is 36.5 Å². The molecule has 6 nitrogen and oxygen atoms in total. The molecular formula is C20H22N2O4. The van der Waals surface area contributed by atoms with Crippen LogP contribution < -0.4 is 5.48 Å². The largest absolute Gasteiger partial charge is 0.289 e. The van der Waals surface area contributed by atoms with Crippen molar-refractivity contribution in [2.45, 2.75) is 38.5 Å². The predicted molar refractivity (Wildman–Crippen MR) is 96.9 cm³/mol. The monoisotopic (exact) mass is 354 g/mol. The topological polar surface area (TPSA) is 86.7 Å². The molecule has 0 atom stereocenters. The fourth-order valence-corrected chi connectivity index (χ4v) is 3.43. The first-order chi connectivity index (χ1) is 12.6. The van der Waals surface area contributed by atoms with Crippen LogP contribution in [-0.4, -0.2) is 34.4 Å². The highest BCUT2D eigenvalue weighted by molar-refractivity contribution is 6.25. The quantitative estimate of drug-likeness (QED) is 0.330. The van der Waals surface area contributed by atoms with Crippen LogP contribution in [0, 0.1) is 0 Å². The molecular weight excluding hydrogens is 332 g/mol. The molecule has 0 radical (unpaired) electrons. The van der Waals surface area contributed by atoms with Crippen LogP contribution in [0.15, 0.2) is 36.4 Å². The lowest BCUT2D eigenvalue weighted by atomic mass is 9.94. The van der Waals surface area contributed by atoms with Gasteiger partial charge in [-0.15, -0.1) is 0 Å². The Kier molecular flexibility index (Phi) is 5.63. The Labute approximate surface area is 151 Å². The minimum absolute atomic E-state index is 0.223. The Hall–Kier alpha value is -2.73. The third-order valence-electron chi connectivity index (χ3n) is 4.77. The van der Waals surface area contributed by atoms with E-state index >= 15 is 0 Å². The third-order valence-corrected chi connectivity index (χ3v) is 4.77. The number of hydroxylamine groups is 1. The van der Waals surface area contributed by atoms with Gasteiger partial charge in [0.05, 0.1) is 0 Å². The predicted octanol–water partition coefficient (Wildman–Crippen LogP) is 3.28. The summed E-state index contributed by atoms with van der Waals surface area (Å²) in [5.41, 5.74) is 2.80. The van der Waals surface area contributed by atoms with Crippen molar-refractivity contribution in [1.29, 1.82) is 0 Å². The van der Waals surface area contributed by atoms with Crippen molar-refractivity contribution in [3.8, 4) is 0 Å². The average molecular weight is 354 g/mol. The summed E-state index contributed by atoms with van der Waals surface area (Å²) in [6.45, 7) is 0.402. The molecule has 136 valence electrons. The molecule has 3 amide bonds. The van der Waals surface area contributed by atoms with Crippen LogP contribution in [0.1, 0.15) is 59.2 Å². The SMILES string of the molecule is O=C(CCCCCCCN1C(=O)c2cccc3cccc(c23)C1=O)NO. The van der Waals surface area contributed by atoms with Gasteiger partial charge in [0.25, 0.3) is 11.8 Å². The molecule has 0 aromatic heterocycles. The van der Waals surface area contributed by atoms with Crippen LogP contribution >= 0.6 is 0 Å². The van der Waals surface area contributed by atoms with Crippen molar-refractivity contribution in [3.63, 3.8) is 0 Å². The Morgan fingerprint density at radius 2 is 1.46 bits per heavy atom. The second kappa shape index (κ2) is 8.10. The highest BCUT2D eigenvalue weighted by Crippen LogP contribution is 2.30. The highest BCUT2D eigenvalue weighted by atomic mass is 16.5. The van der Waals surface area contributed by atoms with Gasteiger partial charge in [0, 0.05) is 29.5 Å². The lowest BCUT2D eigenvalue weighted by molar-refractivity contribution is -0.129. The minimum Gasteiger partial charge on any atom is -0.289 e. The van der Waals surface area contributed by atoms with Gasteiger partial charge in [-0.1, -0.05) is 43.5 Å². The summed E-state index contributed by atoms with van der Waals surface area (Å²) < 4.78 is 0. The fraction of sp³-hybridized carbons (Fsp3) is 0.350. The van der Waals surface area contributed by atoms with E-state index in [-0.39, 0.29) is 17.7 Å². The summed E-state index contributed by atoms with van der Waals surface area (Å²) in [5.74, 6) is -0.819. The van der Waals surface area contributed by atoms with Crippen molar-refractivity contribution in [2.24, 2.45) is 0 Å². The molecule has 1 aliphatic heterocycles. The van der Waals surface area contributed by atoms with Crippen LogP contribution in [0.4, 0.5) is 0 Å². The van der Waals surface area contributed by atoms with Crippen molar-refractivity contribution in [2.75, 3.05) is 6.54 Å². The van der Waals surface area contributed by atoms with E-state index < -0.39 is 0 Å². The molecule has 1 aliphatic rings. The van der Waals surface area contributed by atoms with Gasteiger partial charge < -0.3 is 0 Å². The molecule has 0 saturated heterocycles. The lowest BCUT2D eigenvalue weighted by Crippen LogP contribution is -2.40. The van der Waals surface area contributed by atoms with E-state index in [9.17, 15) is 14.4 Å². The first-order valence-electron chi connectivity index (χ1n) is 8.94. The molecule has 2 aromatic carbocycles. The molecule has 1 heterocycles. The maximum absolute atomic E-state index is 12.7. The summed E-state index contributed by atoms with van der Waals surface area (Å²) in [6, 6.07) is 11.1. The third kappa shape index (κ3) is 3.60. The molecule has 0 unspecified atom stereocenters. The standard InChI is InChI=1S/C20H22N2O4/c23-17(21-26)12-4-2-1-3-5-13-22-19(24)15-10-6-8-14-9-7-11-16(18(14)15)20(22)25/h6-11,26H,1-5,12-13H2,(H,21,23). The Balaban J connectivity index is 1.56. The summed E-state index contributed by atoms with van der Waals surface area (Å²) in [6.07, 6.45) is 4.42. The van der Waals surface area contributed by atoms with Crippen molar-refractivity contribution in [1.82, 2.24) is 10.4 Å². The van der Waals surface area contributed by atoms with Crippen LogP contribution in [0.3, 0.4) is 0 Å². The van der Waals surface area contributed by atoms with Crippen LogP contribution in [0.25, 0.3) is 10.8 Å². The van der Waals surface area contributed by atoms with Crippen molar-refractivity contribution >= 4 is 28.5 Å². The number of carbonyl (C=O) groups is 3. The number of nitrogens with zero attached hydrogens (tertiary/aromatic N) is 1. The number of amides is 3. The molecule has 6 heteroatoms. The zero-order chi connectivity index (χ0) is 18.5. The molecule has 26 heavy (non-hydrogen) atoms. The van der Waals surface area contributed by atoms with Gasteiger partial charge >= 0.3 is 0 Å². The number of rotatable bonds is 8. The number of hydrogen-bond donors (Lipinski definition) is 2. The molecule has 2 N–H and O–H groups in total. The minimum atomic E-state index is -0.373. The Morgan fingerprint density at radius 1 is 0.885 bits per heavy atom. The lowest BCUT2D eigenvalue weighted by Gasteiger charge is -2.27. The zero-order valence-electron chi connectivity index (χ0n) is 14.5. The van der Waals surface area contributed by atoms with Gasteiger partial charge in [-0.05, 0) is 30.4 Å². The van der Waals surface area contributed by atoms with Crippen LogP contribution in [0.5, 0.6) is 0 Å². The maximum Gasteiger partial charge on any atom is 0.261 e. The van der Waals surface area contributed by atoms with E-state index in [1.54, 1.807) is 17.6 Å². The number of benzene rings is 2. The molecule has 0 aliphatic carbocycles. The Morgan fingerprint density at radius 3 is 2.08 bits per heavy atom. The number of imide groups is 1. The van der Waals surface area contributed by atoms with Crippen molar-refractivity contribution in [3.05, 3.63) is 47.5 Å². The molecule has 0 spiro atoms. The smallest absolute Gasteiger partial charge is 0.261 e. The van der Waals surface area contributed by atoms with Crippen molar-refractivity contribution < 1.29 is 19.6 Å². The zero-order valence-corrected chi connectivity index (χ0v) is 14.5. The summed E-state index contributed by atoms with van der Waals surface area (Å²) >= 11 is 0. The summed E-state index contributed by atoms with van der Waals surface area (Å²) in [5, 5.41) is 10.1. The molecule has 0 bridgehead atoms. The van der Waals surface area contributed by atoms with Gasteiger partial charge in [0.1, 0.15) is 0 Å². The summed E-state index contributed by atoms with van der Waals surface area (Å²) in [7, 11) is 0. The number of carbonyl (C=O) groups excluding carboxylic acids is 3. The average Bonchev–Trinajstić information content (AvgIpc) is 2.67. The van der Waals surface area contributed by atoms with Gasteiger partial charge in [-0.2, -0.15) is 0 Å². The van der Waals surface area contributed by atoms with E-state index in [4.69, 9.17) is 5.21 Å². The van der Waals surface area contributed by atoms with E-state index in [1.807, 2.05) is 24.3 Å². The van der Waals surface area contributed by atoms with Crippen LogP contribution in [0.2, 0.25) is 0 Å². The number of hydrogen-bond acceptors (Lipinski definition) is 4. The van der Waals surface area contributed by atoms with Gasteiger partial charge in [0.15, 0.2) is 0 Å². The van der Waals surface area contributed by atoms with Gasteiger partial charge in [-0.3, -0.25) is 24.5 Å².